The van der Waals surface area contributed by atoms with Gasteiger partial charge in [-0.3, -0.25) is 10.8 Å². The summed E-state index contributed by atoms with van der Waals surface area (Å²) in [4.78, 5) is 0. The van der Waals surface area contributed by atoms with Crippen LogP contribution in [0.5, 0.6) is 11.5 Å². The van der Waals surface area contributed by atoms with Crippen LogP contribution in [-0.2, 0) is 0 Å². The fraction of sp³-hybridized carbons (Fsp3) is 0.263. The van der Waals surface area contributed by atoms with Crippen LogP contribution in [0.4, 0.5) is 0 Å². The van der Waals surface area contributed by atoms with Crippen LogP contribution in [-0.4, -0.2) is 11.8 Å². The highest BCUT2D eigenvalue weighted by Crippen LogP contribution is 2.41. The molecule has 0 atom stereocenters. The summed E-state index contributed by atoms with van der Waals surface area (Å²) in [5.41, 5.74) is -0.758. The van der Waals surface area contributed by atoms with Gasteiger partial charge in [0.15, 0.2) is 0 Å². The van der Waals surface area contributed by atoms with E-state index in [0.29, 0.717) is 24.3 Å². The third-order valence-corrected chi connectivity index (χ3v) is 4.25. The number of para-hydroxylation sites is 2. The highest BCUT2D eigenvalue weighted by molar-refractivity contribution is 6.04. The van der Waals surface area contributed by atoms with Gasteiger partial charge in [0, 0.05) is 0 Å². The molecule has 1 fully saturated rings. The third kappa shape index (κ3) is 3.26. The number of ether oxygens (including phenoxy) is 2. The van der Waals surface area contributed by atoms with E-state index < -0.39 is 5.41 Å². The van der Waals surface area contributed by atoms with Crippen LogP contribution in [0, 0.1) is 16.2 Å². The van der Waals surface area contributed by atoms with Crippen molar-refractivity contribution < 1.29 is 9.47 Å². The van der Waals surface area contributed by atoms with Crippen LogP contribution in [0.1, 0.15) is 25.7 Å². The molecule has 0 unspecified atom stereocenters. The van der Waals surface area contributed by atoms with Gasteiger partial charge in [-0.1, -0.05) is 49.2 Å². The zero-order valence-corrected chi connectivity index (χ0v) is 12.9. The van der Waals surface area contributed by atoms with Gasteiger partial charge in [0.2, 0.25) is 11.8 Å². The molecule has 0 spiro atoms. The second-order valence-corrected chi connectivity index (χ2v) is 5.78. The maximum atomic E-state index is 8.42. The van der Waals surface area contributed by atoms with Crippen molar-refractivity contribution >= 4 is 11.8 Å². The van der Waals surface area contributed by atoms with Crippen LogP contribution >= 0.6 is 0 Å². The largest absolute Gasteiger partial charge is 0.442 e. The minimum absolute atomic E-state index is 0.0992. The van der Waals surface area contributed by atoms with E-state index in [2.05, 4.69) is 0 Å². The lowest BCUT2D eigenvalue weighted by Gasteiger charge is -2.29. The van der Waals surface area contributed by atoms with Crippen LogP contribution in [0.2, 0.25) is 0 Å². The van der Waals surface area contributed by atoms with Crippen molar-refractivity contribution in [3.63, 3.8) is 0 Å². The highest BCUT2D eigenvalue weighted by atomic mass is 16.5. The summed E-state index contributed by atoms with van der Waals surface area (Å²) in [5, 5.41) is 16.8. The van der Waals surface area contributed by atoms with Gasteiger partial charge in [-0.25, -0.2) is 0 Å². The second-order valence-electron chi connectivity index (χ2n) is 5.78. The number of rotatable bonds is 4. The van der Waals surface area contributed by atoms with Gasteiger partial charge in [0.1, 0.15) is 16.9 Å². The predicted molar refractivity (Wildman–Crippen MR) is 90.5 cm³/mol. The van der Waals surface area contributed by atoms with Crippen molar-refractivity contribution in [2.45, 2.75) is 25.7 Å². The topological polar surface area (TPSA) is 66.2 Å². The Hall–Kier alpha value is -2.62. The first-order valence-corrected chi connectivity index (χ1v) is 7.84. The quantitative estimate of drug-likeness (QED) is 0.637. The Balaban J connectivity index is 1.79. The number of hydrogen-bond acceptors (Lipinski definition) is 4. The Morgan fingerprint density at radius 3 is 1.48 bits per heavy atom. The molecule has 0 aromatic heterocycles. The first kappa shape index (κ1) is 15.3. The monoisotopic (exact) mass is 308 g/mol. The summed E-state index contributed by atoms with van der Waals surface area (Å²) in [6.07, 6.45) is 3.37. The molecule has 23 heavy (non-hydrogen) atoms. The summed E-state index contributed by atoms with van der Waals surface area (Å²) in [6.45, 7) is 0. The van der Waals surface area contributed by atoms with Gasteiger partial charge in [-0.05, 0) is 37.1 Å². The molecular formula is C19H20N2O2. The minimum Gasteiger partial charge on any atom is -0.442 e. The number of benzene rings is 2. The third-order valence-electron chi connectivity index (χ3n) is 4.25. The average molecular weight is 308 g/mol. The first-order chi connectivity index (χ1) is 11.2. The molecule has 3 rings (SSSR count). The maximum absolute atomic E-state index is 8.42. The van der Waals surface area contributed by atoms with Crippen molar-refractivity contribution in [3.8, 4) is 11.5 Å². The fourth-order valence-electron chi connectivity index (χ4n) is 2.94. The van der Waals surface area contributed by atoms with Crippen molar-refractivity contribution in [1.82, 2.24) is 0 Å². The maximum Gasteiger partial charge on any atom is 0.202 e. The van der Waals surface area contributed by atoms with Gasteiger partial charge in [0.05, 0.1) is 0 Å². The molecular weight excluding hydrogens is 288 g/mol. The standard InChI is InChI=1S/C19H20N2O2/c20-17(22-15-9-3-1-4-10-15)19(13-7-8-14-19)18(21)23-16-11-5-2-6-12-16/h1-6,9-12,20-21H,7-8,13-14H2. The zero-order chi connectivity index (χ0) is 16.1. The lowest BCUT2D eigenvalue weighted by atomic mass is 9.85. The lowest BCUT2D eigenvalue weighted by Crippen LogP contribution is -2.41. The van der Waals surface area contributed by atoms with E-state index in [0.717, 1.165) is 12.8 Å². The molecule has 0 aliphatic heterocycles. The number of nitrogens with one attached hydrogen (secondary N) is 2. The van der Waals surface area contributed by atoms with E-state index in [1.165, 1.54) is 0 Å². The average Bonchev–Trinajstić information content (AvgIpc) is 3.08. The van der Waals surface area contributed by atoms with E-state index in [4.69, 9.17) is 20.3 Å². The normalized spacial score (nSPS) is 15.8. The molecule has 0 heterocycles. The Morgan fingerprint density at radius 1 is 0.696 bits per heavy atom. The summed E-state index contributed by atoms with van der Waals surface area (Å²) >= 11 is 0. The molecule has 1 aliphatic carbocycles. The SMILES string of the molecule is N=C(Oc1ccccc1)C1(C(=N)Oc2ccccc2)CCCC1. The van der Waals surface area contributed by atoms with Gasteiger partial charge < -0.3 is 9.47 Å². The molecule has 0 radical (unpaired) electrons. The molecule has 1 saturated carbocycles. The van der Waals surface area contributed by atoms with Crippen LogP contribution < -0.4 is 9.47 Å². The van der Waals surface area contributed by atoms with Gasteiger partial charge in [0.25, 0.3) is 0 Å². The van der Waals surface area contributed by atoms with Crippen molar-refractivity contribution in [2.75, 3.05) is 0 Å². The molecule has 4 nitrogen and oxygen atoms in total. The van der Waals surface area contributed by atoms with Gasteiger partial charge in [-0.2, -0.15) is 0 Å². The Morgan fingerprint density at radius 2 is 1.09 bits per heavy atom. The van der Waals surface area contributed by atoms with Crippen molar-refractivity contribution in [1.29, 1.82) is 10.8 Å². The Labute approximate surface area is 136 Å². The molecule has 2 aromatic carbocycles. The molecule has 0 amide bonds. The molecule has 1 aliphatic rings. The minimum atomic E-state index is -0.758. The fourth-order valence-corrected chi connectivity index (χ4v) is 2.94. The van der Waals surface area contributed by atoms with E-state index >= 15 is 0 Å². The Bertz CT molecular complexity index is 622. The molecule has 2 aromatic rings. The van der Waals surface area contributed by atoms with Crippen LogP contribution in [0.15, 0.2) is 60.7 Å². The summed E-state index contributed by atoms with van der Waals surface area (Å²) < 4.78 is 11.4. The molecule has 0 saturated heterocycles. The van der Waals surface area contributed by atoms with E-state index in [1.807, 2.05) is 60.7 Å². The molecule has 2 N–H and O–H groups in total. The van der Waals surface area contributed by atoms with Crippen LogP contribution in [0.3, 0.4) is 0 Å². The lowest BCUT2D eigenvalue weighted by molar-refractivity contribution is 0.381. The zero-order valence-electron chi connectivity index (χ0n) is 12.9. The summed E-state index contributed by atoms with van der Waals surface area (Å²) in [5.74, 6) is 1.44. The number of hydrogen-bond donors (Lipinski definition) is 2. The molecule has 0 bridgehead atoms. The van der Waals surface area contributed by atoms with Gasteiger partial charge >= 0.3 is 0 Å². The highest BCUT2D eigenvalue weighted by Gasteiger charge is 2.46. The van der Waals surface area contributed by atoms with E-state index in [1.54, 1.807) is 0 Å². The van der Waals surface area contributed by atoms with E-state index in [-0.39, 0.29) is 11.8 Å². The van der Waals surface area contributed by atoms with Crippen molar-refractivity contribution in [3.05, 3.63) is 60.7 Å². The summed E-state index contributed by atoms with van der Waals surface area (Å²) in [7, 11) is 0. The van der Waals surface area contributed by atoms with E-state index in [9.17, 15) is 0 Å². The Kier molecular flexibility index (Phi) is 4.42. The smallest absolute Gasteiger partial charge is 0.202 e. The second kappa shape index (κ2) is 6.65. The molecule has 4 heteroatoms. The van der Waals surface area contributed by atoms with Gasteiger partial charge in [-0.15, -0.1) is 0 Å². The van der Waals surface area contributed by atoms with Crippen molar-refractivity contribution in [2.24, 2.45) is 5.41 Å². The summed E-state index contributed by atoms with van der Waals surface area (Å²) in [6, 6.07) is 18.6. The first-order valence-electron chi connectivity index (χ1n) is 7.84. The molecule has 118 valence electrons. The van der Waals surface area contributed by atoms with Crippen LogP contribution in [0.25, 0.3) is 0 Å². The predicted octanol–water partition coefficient (Wildman–Crippen LogP) is 4.66.